The number of aromatic nitrogens is 1. The molecule has 0 bridgehead atoms. The topological polar surface area (TPSA) is 24.9 Å². The van der Waals surface area contributed by atoms with Crippen molar-refractivity contribution in [3.8, 4) is 11.1 Å². The summed E-state index contributed by atoms with van der Waals surface area (Å²) in [5.74, 6) is 0. The van der Waals surface area contributed by atoms with Crippen LogP contribution in [0.3, 0.4) is 0 Å². The molecule has 0 saturated carbocycles. The van der Waals surface area contributed by atoms with Crippen LogP contribution in [0.1, 0.15) is 11.3 Å². The van der Waals surface area contributed by atoms with Crippen molar-refractivity contribution >= 4 is 11.6 Å². The number of nitrogens with zero attached hydrogens (tertiary/aromatic N) is 1. The van der Waals surface area contributed by atoms with Crippen LogP contribution < -0.4 is 5.32 Å². The lowest BCUT2D eigenvalue weighted by atomic mass is 10.0. The van der Waals surface area contributed by atoms with E-state index in [1.54, 1.807) is 0 Å². The van der Waals surface area contributed by atoms with Crippen LogP contribution in [0.2, 0.25) is 5.02 Å². The Morgan fingerprint density at radius 3 is 2.65 bits per heavy atom. The van der Waals surface area contributed by atoms with Crippen LogP contribution in [-0.4, -0.2) is 12.0 Å². The Morgan fingerprint density at radius 1 is 1.24 bits per heavy atom. The molecule has 1 aromatic heterocycles. The predicted molar refractivity (Wildman–Crippen MR) is 72.2 cm³/mol. The fourth-order valence-electron chi connectivity index (χ4n) is 1.82. The van der Waals surface area contributed by atoms with Gasteiger partial charge in [0.05, 0.1) is 5.69 Å². The highest BCUT2D eigenvalue weighted by Crippen LogP contribution is 2.25. The van der Waals surface area contributed by atoms with Gasteiger partial charge >= 0.3 is 0 Å². The molecule has 2 rings (SSSR count). The van der Waals surface area contributed by atoms with Gasteiger partial charge in [0.15, 0.2) is 0 Å². The Morgan fingerprint density at radius 2 is 2.06 bits per heavy atom. The van der Waals surface area contributed by atoms with Crippen LogP contribution in [-0.2, 0) is 6.54 Å². The fraction of sp³-hybridized carbons (Fsp3) is 0.214. The summed E-state index contributed by atoms with van der Waals surface area (Å²) < 4.78 is 0. The minimum Gasteiger partial charge on any atom is -0.314 e. The minimum atomic E-state index is 0.769. The molecule has 0 atom stereocenters. The van der Waals surface area contributed by atoms with Crippen LogP contribution >= 0.6 is 11.6 Å². The van der Waals surface area contributed by atoms with Crippen LogP contribution in [0.4, 0.5) is 0 Å². The van der Waals surface area contributed by atoms with Gasteiger partial charge in [-0.25, -0.2) is 0 Å². The van der Waals surface area contributed by atoms with Crippen LogP contribution in [0.15, 0.2) is 36.5 Å². The van der Waals surface area contributed by atoms with Crippen molar-refractivity contribution in [2.75, 3.05) is 7.05 Å². The summed E-state index contributed by atoms with van der Waals surface area (Å²) >= 11 is 5.95. The molecule has 17 heavy (non-hydrogen) atoms. The number of hydrogen-bond donors (Lipinski definition) is 1. The quantitative estimate of drug-likeness (QED) is 0.898. The molecule has 0 fully saturated rings. The molecule has 0 amide bonds. The van der Waals surface area contributed by atoms with Gasteiger partial charge in [0.1, 0.15) is 0 Å². The number of hydrogen-bond acceptors (Lipinski definition) is 2. The maximum atomic E-state index is 5.95. The smallest absolute Gasteiger partial charge is 0.0542 e. The summed E-state index contributed by atoms with van der Waals surface area (Å²) in [4.78, 5) is 4.41. The van der Waals surface area contributed by atoms with Crippen molar-refractivity contribution in [2.24, 2.45) is 0 Å². The van der Waals surface area contributed by atoms with E-state index in [-0.39, 0.29) is 0 Å². The number of benzene rings is 1. The van der Waals surface area contributed by atoms with Gasteiger partial charge < -0.3 is 5.32 Å². The predicted octanol–water partition coefficient (Wildman–Crippen LogP) is 3.43. The highest BCUT2D eigenvalue weighted by atomic mass is 35.5. The average Bonchev–Trinajstić information content (AvgIpc) is 2.31. The van der Waals surface area contributed by atoms with Crippen molar-refractivity contribution in [1.29, 1.82) is 0 Å². The van der Waals surface area contributed by atoms with Gasteiger partial charge in [-0.3, -0.25) is 4.98 Å². The van der Waals surface area contributed by atoms with Gasteiger partial charge in [0, 0.05) is 23.3 Å². The summed E-state index contributed by atoms with van der Waals surface area (Å²) in [7, 11) is 1.92. The van der Waals surface area contributed by atoms with Gasteiger partial charge in [-0.1, -0.05) is 23.7 Å². The normalized spacial score (nSPS) is 10.5. The van der Waals surface area contributed by atoms with Crippen LogP contribution in [0.25, 0.3) is 11.1 Å². The van der Waals surface area contributed by atoms with E-state index < -0.39 is 0 Å². The summed E-state index contributed by atoms with van der Waals surface area (Å²) in [6.07, 6.45) is 1.91. The standard InChI is InChI=1S/C14H15ClN2/c1-10-7-12(15)4-6-14(10)11-3-5-13(9-16-2)17-8-11/h3-8,16H,9H2,1-2H3. The third-order valence-electron chi connectivity index (χ3n) is 2.68. The molecule has 88 valence electrons. The molecule has 0 aliphatic carbocycles. The highest BCUT2D eigenvalue weighted by Gasteiger charge is 2.03. The highest BCUT2D eigenvalue weighted by molar-refractivity contribution is 6.30. The van der Waals surface area contributed by atoms with E-state index in [1.807, 2.05) is 37.5 Å². The Hall–Kier alpha value is -1.38. The molecule has 1 aromatic carbocycles. The van der Waals surface area contributed by atoms with Gasteiger partial charge in [-0.15, -0.1) is 0 Å². The lowest BCUT2D eigenvalue weighted by Gasteiger charge is -2.07. The number of halogens is 1. The largest absolute Gasteiger partial charge is 0.314 e. The first-order chi connectivity index (χ1) is 8.20. The van der Waals surface area contributed by atoms with E-state index in [0.717, 1.165) is 22.8 Å². The monoisotopic (exact) mass is 246 g/mol. The van der Waals surface area contributed by atoms with E-state index in [1.165, 1.54) is 11.1 Å². The number of nitrogens with one attached hydrogen (secondary N) is 1. The minimum absolute atomic E-state index is 0.769. The number of aryl methyl sites for hydroxylation is 1. The zero-order chi connectivity index (χ0) is 12.3. The molecule has 1 heterocycles. The van der Waals surface area contributed by atoms with Crippen molar-refractivity contribution in [3.63, 3.8) is 0 Å². The Bertz CT molecular complexity index is 506. The van der Waals surface area contributed by atoms with Gasteiger partial charge in [-0.2, -0.15) is 0 Å². The Labute approximate surface area is 107 Å². The molecule has 1 N–H and O–H groups in total. The molecule has 0 spiro atoms. The molecule has 2 aromatic rings. The SMILES string of the molecule is CNCc1ccc(-c2ccc(Cl)cc2C)cn1. The van der Waals surface area contributed by atoms with E-state index in [4.69, 9.17) is 11.6 Å². The fourth-order valence-corrected chi connectivity index (χ4v) is 2.05. The average molecular weight is 247 g/mol. The molecular weight excluding hydrogens is 232 g/mol. The summed E-state index contributed by atoms with van der Waals surface area (Å²) in [5, 5.41) is 3.85. The molecule has 2 nitrogen and oxygen atoms in total. The summed E-state index contributed by atoms with van der Waals surface area (Å²) in [5.41, 5.74) is 4.51. The molecule has 0 radical (unpaired) electrons. The van der Waals surface area contributed by atoms with Gasteiger partial charge in [0.25, 0.3) is 0 Å². The number of pyridine rings is 1. The van der Waals surface area contributed by atoms with Gasteiger partial charge in [0.2, 0.25) is 0 Å². The van der Waals surface area contributed by atoms with Crippen molar-refractivity contribution in [2.45, 2.75) is 13.5 Å². The van der Waals surface area contributed by atoms with E-state index in [9.17, 15) is 0 Å². The van der Waals surface area contributed by atoms with Crippen molar-refractivity contribution < 1.29 is 0 Å². The van der Waals surface area contributed by atoms with E-state index in [0.29, 0.717) is 0 Å². The van der Waals surface area contributed by atoms with Crippen molar-refractivity contribution in [3.05, 3.63) is 52.8 Å². The maximum Gasteiger partial charge on any atom is 0.0542 e. The zero-order valence-corrected chi connectivity index (χ0v) is 10.8. The first-order valence-electron chi connectivity index (χ1n) is 5.57. The third-order valence-corrected chi connectivity index (χ3v) is 2.92. The summed E-state index contributed by atoms with van der Waals surface area (Å²) in [6, 6.07) is 10.0. The Balaban J connectivity index is 2.33. The van der Waals surface area contributed by atoms with Crippen LogP contribution in [0, 0.1) is 6.92 Å². The molecule has 0 aliphatic heterocycles. The first kappa shape index (κ1) is 12.1. The van der Waals surface area contributed by atoms with E-state index >= 15 is 0 Å². The second-order valence-corrected chi connectivity index (χ2v) is 4.46. The molecule has 0 saturated heterocycles. The van der Waals surface area contributed by atoms with Crippen molar-refractivity contribution in [1.82, 2.24) is 10.3 Å². The zero-order valence-electron chi connectivity index (χ0n) is 10.00. The molecule has 3 heteroatoms. The first-order valence-corrected chi connectivity index (χ1v) is 5.94. The number of rotatable bonds is 3. The maximum absolute atomic E-state index is 5.95. The lowest BCUT2D eigenvalue weighted by molar-refractivity contribution is 0.791. The second-order valence-electron chi connectivity index (χ2n) is 4.03. The van der Waals surface area contributed by atoms with E-state index in [2.05, 4.69) is 23.3 Å². The molecule has 0 unspecified atom stereocenters. The third kappa shape index (κ3) is 2.84. The van der Waals surface area contributed by atoms with Gasteiger partial charge in [-0.05, 0) is 43.3 Å². The lowest BCUT2D eigenvalue weighted by Crippen LogP contribution is -2.06. The summed E-state index contributed by atoms with van der Waals surface area (Å²) in [6.45, 7) is 2.85. The second kappa shape index (κ2) is 5.30. The molecule has 0 aliphatic rings. The molecular formula is C14H15ClN2. The van der Waals surface area contributed by atoms with Crippen LogP contribution in [0.5, 0.6) is 0 Å². The Kier molecular flexibility index (Phi) is 3.77.